The van der Waals surface area contributed by atoms with Crippen molar-refractivity contribution in [2.45, 2.75) is 68.4 Å². The normalized spacial score (nSPS) is 34.0. The third kappa shape index (κ3) is 3.62. The first kappa shape index (κ1) is 21.5. The van der Waals surface area contributed by atoms with Crippen LogP contribution in [0.2, 0.25) is 0 Å². The van der Waals surface area contributed by atoms with Crippen LogP contribution in [0.15, 0.2) is 33.6 Å². The number of likely N-dealkylation sites (N-methyl/N-ethyl adjacent to an activating group) is 1. The van der Waals surface area contributed by atoms with Crippen molar-refractivity contribution < 1.29 is 18.3 Å². The molecular formula is C22H30BrNO4S. The second kappa shape index (κ2) is 7.14. The number of aliphatic hydroxyl groups is 1. The molecule has 1 aromatic rings. The molecule has 0 radical (unpaired) electrons. The van der Waals surface area contributed by atoms with E-state index in [0.29, 0.717) is 28.6 Å². The van der Waals surface area contributed by atoms with Crippen LogP contribution in [-0.4, -0.2) is 41.8 Å². The highest BCUT2D eigenvalue weighted by atomic mass is 79.9. The van der Waals surface area contributed by atoms with Crippen molar-refractivity contribution >= 4 is 31.7 Å². The summed E-state index contributed by atoms with van der Waals surface area (Å²) in [5.74, 6) is 1.58. The van der Waals surface area contributed by atoms with Gasteiger partial charge in [0.25, 0.3) is 0 Å². The minimum Gasteiger partial charge on any atom is -0.390 e. The van der Waals surface area contributed by atoms with Crippen molar-refractivity contribution in [2.75, 3.05) is 7.05 Å². The van der Waals surface area contributed by atoms with E-state index in [1.165, 1.54) is 11.4 Å². The first-order chi connectivity index (χ1) is 13.4. The van der Waals surface area contributed by atoms with Crippen molar-refractivity contribution in [2.24, 2.45) is 23.7 Å². The van der Waals surface area contributed by atoms with Gasteiger partial charge in [-0.2, -0.15) is 4.31 Å². The zero-order valence-corrected chi connectivity index (χ0v) is 19.7. The Morgan fingerprint density at radius 1 is 1.21 bits per heavy atom. The van der Waals surface area contributed by atoms with Crippen molar-refractivity contribution in [3.63, 3.8) is 0 Å². The maximum atomic E-state index is 13.4. The molecule has 5 nitrogen and oxygen atoms in total. The maximum absolute atomic E-state index is 13.4. The van der Waals surface area contributed by atoms with Crippen LogP contribution in [0.4, 0.5) is 0 Å². The van der Waals surface area contributed by atoms with Crippen LogP contribution in [0, 0.1) is 23.7 Å². The van der Waals surface area contributed by atoms with E-state index in [1.54, 1.807) is 38.1 Å². The van der Waals surface area contributed by atoms with Gasteiger partial charge in [-0.1, -0.05) is 12.1 Å². The minimum atomic E-state index is -3.82. The van der Waals surface area contributed by atoms with E-state index >= 15 is 0 Å². The summed E-state index contributed by atoms with van der Waals surface area (Å²) in [7, 11) is -2.33. The molecule has 0 amide bonds. The highest BCUT2D eigenvalue weighted by Crippen LogP contribution is 2.59. The topological polar surface area (TPSA) is 74.7 Å². The Morgan fingerprint density at radius 3 is 2.34 bits per heavy atom. The van der Waals surface area contributed by atoms with Crippen LogP contribution in [0.3, 0.4) is 0 Å². The number of nitrogens with zero attached hydrogens (tertiary/aromatic N) is 1. The van der Waals surface area contributed by atoms with Crippen LogP contribution >= 0.6 is 15.9 Å². The van der Waals surface area contributed by atoms with E-state index < -0.39 is 21.2 Å². The number of hydrogen-bond acceptors (Lipinski definition) is 4. The largest absolute Gasteiger partial charge is 0.390 e. The van der Waals surface area contributed by atoms with E-state index in [4.69, 9.17) is 0 Å². The highest BCUT2D eigenvalue weighted by molar-refractivity contribution is 9.10. The molecule has 2 atom stereocenters. The van der Waals surface area contributed by atoms with Gasteiger partial charge in [0.15, 0.2) is 5.78 Å². The zero-order chi connectivity index (χ0) is 21.2. The summed E-state index contributed by atoms with van der Waals surface area (Å²) in [6, 6.07) is 6.68. The van der Waals surface area contributed by atoms with Crippen LogP contribution < -0.4 is 0 Å². The van der Waals surface area contributed by atoms with Gasteiger partial charge >= 0.3 is 0 Å². The monoisotopic (exact) mass is 483 g/mol. The molecule has 7 heteroatoms. The number of hydrogen-bond donors (Lipinski definition) is 1. The van der Waals surface area contributed by atoms with E-state index in [1.807, 2.05) is 0 Å². The highest BCUT2D eigenvalue weighted by Gasteiger charge is 2.55. The van der Waals surface area contributed by atoms with Crippen molar-refractivity contribution in [3.8, 4) is 0 Å². The summed E-state index contributed by atoms with van der Waals surface area (Å²) >= 11 is 3.32. The lowest BCUT2D eigenvalue weighted by Crippen LogP contribution is -2.56. The molecule has 4 aliphatic carbocycles. The second-order valence-electron chi connectivity index (χ2n) is 9.95. The molecule has 4 bridgehead atoms. The number of ketones is 1. The van der Waals surface area contributed by atoms with Crippen molar-refractivity contribution in [1.29, 1.82) is 0 Å². The summed E-state index contributed by atoms with van der Waals surface area (Å²) in [6.45, 7) is 3.40. The number of benzene rings is 1. The minimum absolute atomic E-state index is 0.0416. The average molecular weight is 484 g/mol. The molecule has 160 valence electrons. The molecule has 4 saturated carbocycles. The Morgan fingerprint density at radius 2 is 1.79 bits per heavy atom. The van der Waals surface area contributed by atoms with E-state index in [-0.39, 0.29) is 16.6 Å². The molecule has 0 aromatic heterocycles. The molecule has 0 aliphatic heterocycles. The first-order valence-corrected chi connectivity index (χ1v) is 12.7. The van der Waals surface area contributed by atoms with Crippen molar-refractivity contribution in [1.82, 2.24) is 4.31 Å². The molecule has 1 N–H and O–H groups in total. The molecule has 2 unspecified atom stereocenters. The zero-order valence-electron chi connectivity index (χ0n) is 17.3. The molecule has 0 heterocycles. The summed E-state index contributed by atoms with van der Waals surface area (Å²) in [5, 5.41) is 10.8. The lowest BCUT2D eigenvalue weighted by Gasteiger charge is -2.58. The molecule has 0 saturated heterocycles. The molecule has 0 spiro atoms. The number of carbonyl (C=O) groups excluding carboxylic acids is 1. The fourth-order valence-electron chi connectivity index (χ4n) is 6.16. The molecule has 4 fully saturated rings. The Hall–Kier alpha value is -0.760. The quantitative estimate of drug-likeness (QED) is 0.663. The van der Waals surface area contributed by atoms with Gasteiger partial charge in [-0.05, 0) is 97.7 Å². The predicted molar refractivity (Wildman–Crippen MR) is 115 cm³/mol. The SMILES string of the molecule is CN(C(C)(C)C(=O)CC1C2CC3CC1CC(O)(C3)C2)S(=O)(=O)c1ccccc1Br. The molecule has 1 aromatic carbocycles. The molecular weight excluding hydrogens is 454 g/mol. The number of halogens is 1. The Labute approximate surface area is 182 Å². The molecule has 4 aliphatic rings. The van der Waals surface area contributed by atoms with Gasteiger partial charge in [-0.3, -0.25) is 4.79 Å². The average Bonchev–Trinajstić information content (AvgIpc) is 2.62. The maximum Gasteiger partial charge on any atom is 0.244 e. The van der Waals surface area contributed by atoms with Crippen LogP contribution in [0.25, 0.3) is 0 Å². The predicted octanol–water partition coefficient (Wildman–Crippen LogP) is 3.99. The number of carbonyl (C=O) groups is 1. The number of sulfonamides is 1. The Balaban J connectivity index is 1.53. The van der Waals surface area contributed by atoms with Gasteiger partial charge in [-0.15, -0.1) is 0 Å². The van der Waals surface area contributed by atoms with Gasteiger partial charge in [-0.25, -0.2) is 8.42 Å². The van der Waals surface area contributed by atoms with E-state index in [2.05, 4.69) is 15.9 Å². The van der Waals surface area contributed by atoms with Gasteiger partial charge in [0, 0.05) is 17.9 Å². The standard InChI is InChI=1S/C22H30BrNO4S/c1-21(2,24(3)29(27,28)19-7-5-4-6-18(19)23)20(25)10-17-15-8-14-9-16(17)13-22(26,11-14)12-15/h4-7,14-17,26H,8-13H2,1-3H3. The van der Waals surface area contributed by atoms with Crippen LogP contribution in [0.5, 0.6) is 0 Å². The first-order valence-electron chi connectivity index (χ1n) is 10.4. The third-order valence-corrected chi connectivity index (χ3v) is 10.8. The fraction of sp³-hybridized carbons (Fsp3) is 0.682. The lowest BCUT2D eigenvalue weighted by molar-refractivity contribution is -0.159. The number of rotatable bonds is 6. The van der Waals surface area contributed by atoms with E-state index in [0.717, 1.165) is 32.1 Å². The van der Waals surface area contributed by atoms with Crippen LogP contribution in [0.1, 0.15) is 52.4 Å². The third-order valence-electron chi connectivity index (χ3n) is 7.80. The lowest BCUT2D eigenvalue weighted by atomic mass is 9.49. The molecule has 29 heavy (non-hydrogen) atoms. The van der Waals surface area contributed by atoms with Gasteiger partial charge < -0.3 is 5.11 Å². The fourth-order valence-corrected chi connectivity index (χ4v) is 8.62. The molecule has 5 rings (SSSR count). The smallest absolute Gasteiger partial charge is 0.244 e. The Kier molecular flexibility index (Phi) is 5.29. The summed E-state index contributed by atoms with van der Waals surface area (Å²) < 4.78 is 28.1. The van der Waals surface area contributed by atoms with E-state index in [9.17, 15) is 18.3 Å². The summed E-state index contributed by atoms with van der Waals surface area (Å²) in [6.07, 6.45) is 5.09. The van der Waals surface area contributed by atoms with Gasteiger partial charge in [0.2, 0.25) is 10.0 Å². The Bertz CT molecular complexity index is 912. The van der Waals surface area contributed by atoms with Gasteiger partial charge in [0.05, 0.1) is 16.0 Å². The summed E-state index contributed by atoms with van der Waals surface area (Å²) in [4.78, 5) is 13.5. The second-order valence-corrected chi connectivity index (χ2v) is 12.7. The van der Waals surface area contributed by atoms with Gasteiger partial charge in [0.1, 0.15) is 0 Å². The van der Waals surface area contributed by atoms with Crippen LogP contribution in [-0.2, 0) is 14.8 Å². The number of Topliss-reactive ketones (excluding diaryl/α,β-unsaturated/α-hetero) is 1. The van der Waals surface area contributed by atoms with Crippen molar-refractivity contribution in [3.05, 3.63) is 28.7 Å². The summed E-state index contributed by atoms with van der Waals surface area (Å²) in [5.41, 5.74) is -1.66.